The van der Waals surface area contributed by atoms with E-state index in [2.05, 4.69) is 22.1 Å². The fourth-order valence-corrected chi connectivity index (χ4v) is 1.03. The van der Waals surface area contributed by atoms with Crippen molar-refractivity contribution in [2.24, 2.45) is 0 Å². The van der Waals surface area contributed by atoms with Crippen molar-refractivity contribution in [3.05, 3.63) is 23.0 Å². The second-order valence-electron chi connectivity index (χ2n) is 2.73. The lowest BCUT2D eigenvalue weighted by Crippen LogP contribution is -2.06. The van der Waals surface area contributed by atoms with Crippen LogP contribution in [0, 0.1) is 11.8 Å². The molecule has 1 aromatic heterocycles. The number of nitrogens with two attached hydrogens (primary N) is 1. The summed E-state index contributed by atoms with van der Waals surface area (Å²) in [7, 11) is 1.88. The predicted molar refractivity (Wildman–Crippen MR) is 59.1 cm³/mol. The maximum absolute atomic E-state index is 5.71. The van der Waals surface area contributed by atoms with Crippen molar-refractivity contribution >= 4 is 17.3 Å². The van der Waals surface area contributed by atoms with Crippen LogP contribution in [0.4, 0.5) is 5.69 Å². The first-order chi connectivity index (χ1) is 6.74. The first-order valence-corrected chi connectivity index (χ1v) is 4.67. The highest BCUT2D eigenvalue weighted by atomic mass is 35.5. The zero-order valence-electron chi connectivity index (χ0n) is 7.97. The summed E-state index contributed by atoms with van der Waals surface area (Å²) in [5.41, 5.74) is 6.78. The van der Waals surface area contributed by atoms with E-state index in [0.29, 0.717) is 16.5 Å². The standard InChI is InChI=1S/C10H12ClN3/c1-13-7-3-2-4-9-8(12)5-6-10(11)14-9/h5-6,13H,3,7,12H2,1H3. The molecule has 0 fully saturated rings. The number of hydrogen-bond donors (Lipinski definition) is 2. The summed E-state index contributed by atoms with van der Waals surface area (Å²) >= 11 is 5.71. The average molecular weight is 210 g/mol. The van der Waals surface area contributed by atoms with E-state index >= 15 is 0 Å². The van der Waals surface area contributed by atoms with Crippen LogP contribution >= 0.6 is 11.6 Å². The quantitative estimate of drug-likeness (QED) is 0.438. The van der Waals surface area contributed by atoms with Crippen molar-refractivity contribution in [3.8, 4) is 11.8 Å². The van der Waals surface area contributed by atoms with Gasteiger partial charge in [-0.15, -0.1) is 0 Å². The molecule has 0 spiro atoms. The molecule has 0 bridgehead atoms. The van der Waals surface area contributed by atoms with E-state index in [1.807, 2.05) is 7.05 Å². The fourth-order valence-electron chi connectivity index (χ4n) is 0.880. The zero-order valence-corrected chi connectivity index (χ0v) is 8.73. The summed E-state index contributed by atoms with van der Waals surface area (Å²) in [5, 5.41) is 3.41. The van der Waals surface area contributed by atoms with Gasteiger partial charge in [0, 0.05) is 13.0 Å². The average Bonchev–Trinajstić information content (AvgIpc) is 2.18. The second kappa shape index (κ2) is 5.48. The number of pyridine rings is 1. The van der Waals surface area contributed by atoms with Gasteiger partial charge >= 0.3 is 0 Å². The molecule has 4 heteroatoms. The molecule has 14 heavy (non-hydrogen) atoms. The third-order valence-electron chi connectivity index (χ3n) is 1.60. The predicted octanol–water partition coefficient (Wildman–Crippen LogP) is 1.28. The number of nitrogens with zero attached hydrogens (tertiary/aromatic N) is 1. The molecule has 3 nitrogen and oxygen atoms in total. The highest BCUT2D eigenvalue weighted by Crippen LogP contribution is 2.11. The Labute approximate surface area is 88.7 Å². The lowest BCUT2D eigenvalue weighted by Gasteiger charge is -1.96. The van der Waals surface area contributed by atoms with Gasteiger partial charge in [0.15, 0.2) is 0 Å². The smallest absolute Gasteiger partial charge is 0.137 e. The number of halogens is 1. The Balaban J connectivity index is 2.73. The molecule has 0 aliphatic heterocycles. The molecule has 74 valence electrons. The van der Waals surface area contributed by atoms with Crippen LogP contribution in [0.3, 0.4) is 0 Å². The van der Waals surface area contributed by atoms with E-state index in [1.54, 1.807) is 12.1 Å². The van der Waals surface area contributed by atoms with Gasteiger partial charge in [-0.25, -0.2) is 4.98 Å². The van der Waals surface area contributed by atoms with Crippen LogP contribution in [0.2, 0.25) is 5.15 Å². The fraction of sp³-hybridized carbons (Fsp3) is 0.300. The molecule has 1 rings (SSSR count). The highest BCUT2D eigenvalue weighted by Gasteiger charge is 1.97. The first kappa shape index (κ1) is 10.8. The van der Waals surface area contributed by atoms with Crippen LogP contribution in [-0.2, 0) is 0 Å². The molecule has 3 N–H and O–H groups in total. The largest absolute Gasteiger partial charge is 0.396 e. The number of hydrogen-bond acceptors (Lipinski definition) is 3. The summed E-state index contributed by atoms with van der Waals surface area (Å²) in [6.45, 7) is 0.855. The number of nitrogens with one attached hydrogen (secondary N) is 1. The van der Waals surface area contributed by atoms with Gasteiger partial charge in [-0.2, -0.15) is 0 Å². The molecular weight excluding hydrogens is 198 g/mol. The van der Waals surface area contributed by atoms with Crippen molar-refractivity contribution in [1.82, 2.24) is 10.3 Å². The van der Waals surface area contributed by atoms with Crippen molar-refractivity contribution in [2.75, 3.05) is 19.3 Å². The molecular formula is C10H12ClN3. The maximum Gasteiger partial charge on any atom is 0.137 e. The van der Waals surface area contributed by atoms with Crippen LogP contribution in [0.1, 0.15) is 12.1 Å². The lowest BCUT2D eigenvalue weighted by atomic mass is 10.3. The minimum absolute atomic E-state index is 0.414. The lowest BCUT2D eigenvalue weighted by molar-refractivity contribution is 0.818. The third kappa shape index (κ3) is 3.25. The third-order valence-corrected chi connectivity index (χ3v) is 1.81. The SMILES string of the molecule is CNCCC#Cc1nc(Cl)ccc1N. The Morgan fingerprint density at radius 3 is 3.07 bits per heavy atom. The molecule has 0 saturated heterocycles. The maximum atomic E-state index is 5.71. The molecule has 0 atom stereocenters. The number of anilines is 1. The van der Waals surface area contributed by atoms with E-state index < -0.39 is 0 Å². The molecule has 0 saturated carbocycles. The minimum Gasteiger partial charge on any atom is -0.396 e. The summed E-state index contributed by atoms with van der Waals surface area (Å²) in [6.07, 6.45) is 0.768. The van der Waals surface area contributed by atoms with Gasteiger partial charge < -0.3 is 11.1 Å². The second-order valence-corrected chi connectivity index (χ2v) is 3.11. The Morgan fingerprint density at radius 1 is 1.57 bits per heavy atom. The summed E-state index contributed by atoms with van der Waals surface area (Å²) in [5.74, 6) is 5.84. The number of aromatic nitrogens is 1. The van der Waals surface area contributed by atoms with Gasteiger partial charge in [0.1, 0.15) is 10.8 Å². The summed E-state index contributed by atoms with van der Waals surface area (Å²) in [4.78, 5) is 4.02. The van der Waals surface area contributed by atoms with E-state index in [0.717, 1.165) is 13.0 Å². The Hall–Kier alpha value is -1.24. The van der Waals surface area contributed by atoms with Gasteiger partial charge in [-0.05, 0) is 25.1 Å². The van der Waals surface area contributed by atoms with Crippen LogP contribution in [0.25, 0.3) is 0 Å². The Morgan fingerprint density at radius 2 is 2.36 bits per heavy atom. The molecule has 0 aromatic carbocycles. The normalized spacial score (nSPS) is 9.29. The van der Waals surface area contributed by atoms with Crippen molar-refractivity contribution in [3.63, 3.8) is 0 Å². The molecule has 0 radical (unpaired) electrons. The van der Waals surface area contributed by atoms with Crippen LogP contribution < -0.4 is 11.1 Å². The molecule has 0 amide bonds. The van der Waals surface area contributed by atoms with Crippen LogP contribution in [-0.4, -0.2) is 18.6 Å². The number of rotatable bonds is 2. The zero-order chi connectivity index (χ0) is 10.4. The van der Waals surface area contributed by atoms with Gasteiger partial charge in [-0.3, -0.25) is 0 Å². The van der Waals surface area contributed by atoms with E-state index in [-0.39, 0.29) is 0 Å². The van der Waals surface area contributed by atoms with Gasteiger partial charge in [0.05, 0.1) is 5.69 Å². The van der Waals surface area contributed by atoms with Crippen molar-refractivity contribution in [2.45, 2.75) is 6.42 Å². The summed E-state index contributed by atoms with van der Waals surface area (Å²) in [6, 6.07) is 3.35. The first-order valence-electron chi connectivity index (χ1n) is 4.29. The Kier molecular flexibility index (Phi) is 4.24. The topological polar surface area (TPSA) is 50.9 Å². The van der Waals surface area contributed by atoms with Crippen molar-refractivity contribution in [1.29, 1.82) is 0 Å². The molecule has 0 aliphatic rings. The monoisotopic (exact) mass is 209 g/mol. The van der Waals surface area contributed by atoms with Crippen molar-refractivity contribution < 1.29 is 0 Å². The van der Waals surface area contributed by atoms with Gasteiger partial charge in [0.2, 0.25) is 0 Å². The molecule has 0 aliphatic carbocycles. The minimum atomic E-state index is 0.414. The molecule has 1 heterocycles. The Bertz CT molecular complexity index is 365. The van der Waals surface area contributed by atoms with E-state index in [9.17, 15) is 0 Å². The molecule has 1 aromatic rings. The van der Waals surface area contributed by atoms with Gasteiger partial charge in [0.25, 0.3) is 0 Å². The number of nitrogen functional groups attached to an aromatic ring is 1. The van der Waals surface area contributed by atoms with Crippen LogP contribution in [0.15, 0.2) is 12.1 Å². The van der Waals surface area contributed by atoms with Gasteiger partial charge in [-0.1, -0.05) is 17.5 Å². The van der Waals surface area contributed by atoms with E-state index in [1.165, 1.54) is 0 Å². The molecule has 0 unspecified atom stereocenters. The highest BCUT2D eigenvalue weighted by molar-refractivity contribution is 6.29. The van der Waals surface area contributed by atoms with E-state index in [4.69, 9.17) is 17.3 Å². The van der Waals surface area contributed by atoms with Crippen LogP contribution in [0.5, 0.6) is 0 Å². The summed E-state index contributed by atoms with van der Waals surface area (Å²) < 4.78 is 0.